The van der Waals surface area contributed by atoms with Gasteiger partial charge >= 0.3 is 0 Å². The molecule has 0 radical (unpaired) electrons. The minimum absolute atomic E-state index is 0.237. The van der Waals surface area contributed by atoms with Gasteiger partial charge in [-0.3, -0.25) is 20.4 Å². The minimum atomic E-state index is -0.771. The maximum Gasteiger partial charge on any atom is 0.279 e. The number of rotatable bonds is 7. The molecule has 2 N–H and O–H groups in total. The molecule has 0 spiro atoms. The second-order valence-corrected chi connectivity index (χ2v) is 5.98. The van der Waals surface area contributed by atoms with Gasteiger partial charge in [0.15, 0.2) is 12.7 Å². The second kappa shape index (κ2) is 9.47. The molecule has 2 amide bonds. The van der Waals surface area contributed by atoms with Crippen molar-refractivity contribution in [3.8, 4) is 17.2 Å². The van der Waals surface area contributed by atoms with Crippen LogP contribution in [0.4, 0.5) is 0 Å². The van der Waals surface area contributed by atoms with Gasteiger partial charge in [-0.2, -0.15) is 0 Å². The zero-order chi connectivity index (χ0) is 19.8. The molecule has 0 aliphatic carbocycles. The second-order valence-electron chi connectivity index (χ2n) is 5.98. The van der Waals surface area contributed by atoms with Crippen LogP contribution < -0.4 is 25.1 Å². The summed E-state index contributed by atoms with van der Waals surface area (Å²) in [5, 5.41) is 0. The summed E-state index contributed by atoms with van der Waals surface area (Å²) < 4.78 is 16.1. The number of para-hydroxylation sites is 1. The molecule has 1 atom stereocenters. The zero-order valence-electron chi connectivity index (χ0n) is 15.9. The fourth-order valence-electron chi connectivity index (χ4n) is 2.31. The average Bonchev–Trinajstić information content (AvgIpc) is 2.67. The first-order valence-electron chi connectivity index (χ1n) is 8.49. The molecule has 0 aliphatic heterocycles. The Kier molecular flexibility index (Phi) is 7.05. The van der Waals surface area contributed by atoms with Crippen LogP contribution in [0.25, 0.3) is 0 Å². The van der Waals surface area contributed by atoms with E-state index in [2.05, 4.69) is 10.9 Å². The number of aryl methyl sites for hydroxylation is 2. The van der Waals surface area contributed by atoms with E-state index in [0.29, 0.717) is 17.2 Å². The van der Waals surface area contributed by atoms with Crippen LogP contribution in [0.5, 0.6) is 17.2 Å². The van der Waals surface area contributed by atoms with Gasteiger partial charge in [-0.1, -0.05) is 18.2 Å². The van der Waals surface area contributed by atoms with Gasteiger partial charge in [-0.15, -0.1) is 0 Å². The van der Waals surface area contributed by atoms with Crippen molar-refractivity contribution in [1.29, 1.82) is 0 Å². The Balaban J connectivity index is 1.77. The van der Waals surface area contributed by atoms with E-state index in [1.165, 1.54) is 0 Å². The number of amides is 2. The molecule has 7 nitrogen and oxygen atoms in total. The van der Waals surface area contributed by atoms with Crippen LogP contribution in [0.2, 0.25) is 0 Å². The molecule has 1 unspecified atom stereocenters. The van der Waals surface area contributed by atoms with E-state index >= 15 is 0 Å². The third-order valence-corrected chi connectivity index (χ3v) is 3.83. The lowest BCUT2D eigenvalue weighted by atomic mass is 10.1. The third kappa shape index (κ3) is 5.91. The van der Waals surface area contributed by atoms with Crippen molar-refractivity contribution >= 4 is 11.8 Å². The van der Waals surface area contributed by atoms with Gasteiger partial charge in [0.25, 0.3) is 11.8 Å². The number of hydrazine groups is 1. The monoisotopic (exact) mass is 372 g/mol. The van der Waals surface area contributed by atoms with E-state index in [-0.39, 0.29) is 6.61 Å². The van der Waals surface area contributed by atoms with Gasteiger partial charge in [0.2, 0.25) is 0 Å². The fraction of sp³-hybridized carbons (Fsp3) is 0.300. The van der Waals surface area contributed by atoms with E-state index in [0.717, 1.165) is 11.1 Å². The largest absolute Gasteiger partial charge is 0.497 e. The van der Waals surface area contributed by atoms with Crippen molar-refractivity contribution in [3.05, 3.63) is 53.6 Å². The molecule has 7 heteroatoms. The van der Waals surface area contributed by atoms with Gasteiger partial charge in [0.05, 0.1) is 7.11 Å². The lowest BCUT2D eigenvalue weighted by Crippen LogP contribution is -2.48. The van der Waals surface area contributed by atoms with Crippen molar-refractivity contribution in [2.75, 3.05) is 13.7 Å². The molecule has 27 heavy (non-hydrogen) atoms. The van der Waals surface area contributed by atoms with E-state index in [1.54, 1.807) is 38.3 Å². The predicted molar refractivity (Wildman–Crippen MR) is 101 cm³/mol. The van der Waals surface area contributed by atoms with Crippen molar-refractivity contribution in [3.63, 3.8) is 0 Å². The molecule has 0 aliphatic rings. The van der Waals surface area contributed by atoms with Crippen molar-refractivity contribution in [2.24, 2.45) is 0 Å². The molecular weight excluding hydrogens is 348 g/mol. The number of carbonyl (C=O) groups is 2. The Hall–Kier alpha value is -3.22. The number of methoxy groups -OCH3 is 1. The van der Waals surface area contributed by atoms with Gasteiger partial charge in [0.1, 0.15) is 17.2 Å². The summed E-state index contributed by atoms with van der Waals surface area (Å²) in [7, 11) is 1.57. The molecule has 2 aromatic rings. The fourth-order valence-corrected chi connectivity index (χ4v) is 2.31. The first-order valence-corrected chi connectivity index (χ1v) is 8.49. The van der Waals surface area contributed by atoms with Crippen LogP contribution >= 0.6 is 0 Å². The highest BCUT2D eigenvalue weighted by Crippen LogP contribution is 2.23. The Morgan fingerprint density at radius 3 is 2.15 bits per heavy atom. The van der Waals surface area contributed by atoms with Crippen LogP contribution in [-0.4, -0.2) is 31.6 Å². The molecule has 0 heterocycles. The molecule has 0 bridgehead atoms. The van der Waals surface area contributed by atoms with Crippen LogP contribution in [0.1, 0.15) is 18.1 Å². The first-order chi connectivity index (χ1) is 12.9. The molecular formula is C20H24N2O5. The van der Waals surface area contributed by atoms with Crippen molar-refractivity contribution < 1.29 is 23.8 Å². The highest BCUT2D eigenvalue weighted by atomic mass is 16.5. The van der Waals surface area contributed by atoms with Gasteiger partial charge < -0.3 is 14.2 Å². The van der Waals surface area contributed by atoms with Crippen molar-refractivity contribution in [2.45, 2.75) is 26.9 Å². The number of nitrogens with one attached hydrogen (secondary N) is 2. The Labute approximate surface area is 158 Å². The minimum Gasteiger partial charge on any atom is -0.497 e. The number of hydrogen-bond acceptors (Lipinski definition) is 5. The molecule has 2 aromatic carbocycles. The van der Waals surface area contributed by atoms with Gasteiger partial charge in [-0.25, -0.2) is 0 Å². The zero-order valence-corrected chi connectivity index (χ0v) is 15.9. The molecule has 144 valence electrons. The molecule has 2 rings (SSSR count). The van der Waals surface area contributed by atoms with E-state index in [9.17, 15) is 9.59 Å². The standard InChI is InChI=1S/C20H24N2O5/c1-13-6-5-7-14(2)19(13)27-15(3)20(24)22-21-18(23)12-26-17-10-8-16(25-4)9-11-17/h5-11,15H,12H2,1-4H3,(H,21,23)(H,22,24). The highest BCUT2D eigenvalue weighted by molar-refractivity contribution is 5.85. The van der Waals surface area contributed by atoms with Crippen molar-refractivity contribution in [1.82, 2.24) is 10.9 Å². The third-order valence-electron chi connectivity index (χ3n) is 3.83. The number of hydrogen-bond donors (Lipinski definition) is 2. The molecule has 0 fully saturated rings. The number of carbonyl (C=O) groups excluding carboxylic acids is 2. The molecule has 0 aromatic heterocycles. The van der Waals surface area contributed by atoms with E-state index < -0.39 is 17.9 Å². The number of benzene rings is 2. The maximum absolute atomic E-state index is 12.1. The summed E-state index contributed by atoms with van der Waals surface area (Å²) in [5.41, 5.74) is 6.51. The van der Waals surface area contributed by atoms with Crippen LogP contribution in [0, 0.1) is 13.8 Å². The van der Waals surface area contributed by atoms with Crippen LogP contribution in [0.15, 0.2) is 42.5 Å². The maximum atomic E-state index is 12.1. The molecule has 0 saturated heterocycles. The highest BCUT2D eigenvalue weighted by Gasteiger charge is 2.17. The average molecular weight is 372 g/mol. The smallest absolute Gasteiger partial charge is 0.279 e. The van der Waals surface area contributed by atoms with Crippen LogP contribution in [0.3, 0.4) is 0 Å². The first kappa shape index (κ1) is 20.1. The van der Waals surface area contributed by atoms with E-state index in [4.69, 9.17) is 14.2 Å². The van der Waals surface area contributed by atoms with E-state index in [1.807, 2.05) is 32.0 Å². The lowest BCUT2D eigenvalue weighted by Gasteiger charge is -2.18. The van der Waals surface area contributed by atoms with Gasteiger partial charge in [0, 0.05) is 0 Å². The van der Waals surface area contributed by atoms with Crippen LogP contribution in [-0.2, 0) is 9.59 Å². The summed E-state index contributed by atoms with van der Waals surface area (Å²) in [6.45, 7) is 5.19. The topological polar surface area (TPSA) is 85.9 Å². The summed E-state index contributed by atoms with van der Waals surface area (Å²) in [6, 6.07) is 12.6. The SMILES string of the molecule is COc1ccc(OCC(=O)NNC(=O)C(C)Oc2c(C)cccc2C)cc1. The Morgan fingerprint density at radius 2 is 1.56 bits per heavy atom. The summed E-state index contributed by atoms with van der Waals surface area (Å²) in [6.07, 6.45) is -0.771. The summed E-state index contributed by atoms with van der Waals surface area (Å²) in [5.74, 6) is 0.921. The number of ether oxygens (including phenoxy) is 3. The quantitative estimate of drug-likeness (QED) is 0.729. The summed E-state index contributed by atoms with van der Waals surface area (Å²) in [4.78, 5) is 23.9. The predicted octanol–water partition coefficient (Wildman–Crippen LogP) is 2.31. The Bertz CT molecular complexity index is 769. The molecule has 0 saturated carbocycles. The lowest BCUT2D eigenvalue weighted by molar-refractivity contribution is -0.133. The summed E-state index contributed by atoms with van der Waals surface area (Å²) >= 11 is 0. The van der Waals surface area contributed by atoms with Gasteiger partial charge in [-0.05, 0) is 56.2 Å². The Morgan fingerprint density at radius 1 is 0.963 bits per heavy atom. The normalized spacial score (nSPS) is 11.3.